The monoisotopic (exact) mass is 171 g/mol. The van der Waals surface area contributed by atoms with E-state index in [1.165, 1.54) is 12.3 Å². The van der Waals surface area contributed by atoms with Crippen LogP contribution in [0.3, 0.4) is 0 Å². The molecule has 2 N–H and O–H groups in total. The largest absolute Gasteiger partial charge is 0.465 e. The summed E-state index contributed by atoms with van der Waals surface area (Å²) in [5.74, 6) is -0.113. The van der Waals surface area contributed by atoms with Crippen LogP contribution in [0.25, 0.3) is 0 Å². The van der Waals surface area contributed by atoms with Crippen molar-refractivity contribution in [2.24, 2.45) is 0 Å². The third-order valence-corrected chi connectivity index (χ3v) is 1.07. The fourth-order valence-electron chi connectivity index (χ4n) is 0.626. The summed E-state index contributed by atoms with van der Waals surface area (Å²) in [6, 6.07) is 1.37. The molecule has 12 heavy (non-hydrogen) atoms. The Morgan fingerprint density at radius 1 is 1.75 bits per heavy atom. The second-order valence-corrected chi connectivity index (χ2v) is 1.94. The molecule has 64 valence electrons. The maximum Gasteiger partial charge on any atom is 0.411 e. The Bertz CT molecular complexity index is 292. The second kappa shape index (κ2) is 3.61. The Morgan fingerprint density at radius 2 is 2.50 bits per heavy atom. The summed E-state index contributed by atoms with van der Waals surface area (Å²) in [6.45, 7) is -0.739. The van der Waals surface area contributed by atoms with Crippen molar-refractivity contribution in [3.05, 3.63) is 18.0 Å². The van der Waals surface area contributed by atoms with Gasteiger partial charge in [-0.15, -0.1) is 0 Å². The predicted molar refractivity (Wildman–Crippen MR) is 38.5 cm³/mol. The second-order valence-electron chi connectivity index (χ2n) is 1.94. The molecular weight excluding hydrogens is 165 g/mol. The number of halogens is 1. The van der Waals surface area contributed by atoms with Gasteiger partial charge >= 0.3 is 6.09 Å². The lowest BCUT2D eigenvalue weighted by Gasteiger charge is -1.98. The maximum absolute atomic E-state index is 12.0. The molecule has 0 saturated heterocycles. The van der Waals surface area contributed by atoms with Gasteiger partial charge in [0.15, 0.2) is 0 Å². The molecule has 0 radical (unpaired) electrons. The number of rotatable bonds is 2. The van der Waals surface area contributed by atoms with Gasteiger partial charge in [0, 0.05) is 6.20 Å². The van der Waals surface area contributed by atoms with Gasteiger partial charge in [-0.3, -0.25) is 5.32 Å². The lowest BCUT2D eigenvalue weighted by atomic mass is 10.4. The zero-order chi connectivity index (χ0) is 8.97. The molecule has 6 heteroatoms. The van der Waals surface area contributed by atoms with Crippen molar-refractivity contribution in [2.45, 2.75) is 6.67 Å². The minimum atomic E-state index is -1.27. The Kier molecular flexibility index (Phi) is 2.52. The normalized spacial score (nSPS) is 9.42. The highest BCUT2D eigenvalue weighted by molar-refractivity contribution is 5.80. The smallest absolute Gasteiger partial charge is 0.411 e. The first kappa shape index (κ1) is 8.38. The van der Waals surface area contributed by atoms with Crippen LogP contribution in [0, 0.1) is 0 Å². The van der Waals surface area contributed by atoms with Gasteiger partial charge in [-0.25, -0.2) is 19.2 Å². The molecule has 5 nitrogen and oxygen atoms in total. The quantitative estimate of drug-likeness (QED) is 0.696. The van der Waals surface area contributed by atoms with E-state index in [1.54, 1.807) is 0 Å². The van der Waals surface area contributed by atoms with Crippen molar-refractivity contribution < 1.29 is 14.3 Å². The van der Waals surface area contributed by atoms with E-state index < -0.39 is 12.8 Å². The number of amides is 1. The molecule has 1 aromatic rings. The Morgan fingerprint density at radius 3 is 3.08 bits per heavy atom. The van der Waals surface area contributed by atoms with E-state index in [-0.39, 0.29) is 11.6 Å². The van der Waals surface area contributed by atoms with Crippen molar-refractivity contribution in [3.8, 4) is 0 Å². The highest BCUT2D eigenvalue weighted by atomic mass is 19.1. The van der Waals surface area contributed by atoms with E-state index >= 15 is 0 Å². The molecule has 0 unspecified atom stereocenters. The third kappa shape index (κ3) is 2.15. The lowest BCUT2D eigenvalue weighted by molar-refractivity contribution is 0.209. The SMILES string of the molecule is O=C(O)Nc1nccc(CF)n1. The van der Waals surface area contributed by atoms with Crippen LogP contribution in [-0.2, 0) is 6.67 Å². The molecule has 1 aromatic heterocycles. The van der Waals surface area contributed by atoms with E-state index in [0.717, 1.165) is 0 Å². The van der Waals surface area contributed by atoms with E-state index in [4.69, 9.17) is 5.11 Å². The molecule has 0 aliphatic carbocycles. The average molecular weight is 171 g/mol. The van der Waals surface area contributed by atoms with Crippen LogP contribution in [0.1, 0.15) is 5.69 Å². The zero-order valence-corrected chi connectivity index (χ0v) is 5.99. The number of hydrogen-bond donors (Lipinski definition) is 2. The summed E-state index contributed by atoms with van der Waals surface area (Å²) in [5, 5.41) is 10.2. The number of nitrogens with one attached hydrogen (secondary N) is 1. The summed E-state index contributed by atoms with van der Waals surface area (Å²) in [5.41, 5.74) is 0.147. The van der Waals surface area contributed by atoms with Crippen LogP contribution in [0.15, 0.2) is 12.3 Å². The number of nitrogens with zero attached hydrogens (tertiary/aromatic N) is 2. The molecule has 1 amide bonds. The fraction of sp³-hybridized carbons (Fsp3) is 0.167. The van der Waals surface area contributed by atoms with Crippen molar-refractivity contribution in [2.75, 3.05) is 5.32 Å². The first-order chi connectivity index (χ1) is 5.72. The third-order valence-electron chi connectivity index (χ3n) is 1.07. The summed E-state index contributed by atoms with van der Waals surface area (Å²) < 4.78 is 12.0. The van der Waals surface area contributed by atoms with Gasteiger partial charge in [0.1, 0.15) is 6.67 Å². The molecule has 0 aliphatic heterocycles. The van der Waals surface area contributed by atoms with Crippen LogP contribution < -0.4 is 5.32 Å². The highest BCUT2D eigenvalue weighted by Gasteiger charge is 2.01. The minimum Gasteiger partial charge on any atom is -0.465 e. The molecular formula is C6H6FN3O2. The van der Waals surface area contributed by atoms with Crippen molar-refractivity contribution in [3.63, 3.8) is 0 Å². The van der Waals surface area contributed by atoms with Gasteiger partial charge in [0.25, 0.3) is 0 Å². The van der Waals surface area contributed by atoms with Gasteiger partial charge in [0.2, 0.25) is 5.95 Å². The minimum absolute atomic E-state index is 0.113. The van der Waals surface area contributed by atoms with Gasteiger partial charge in [-0.05, 0) is 6.07 Å². The summed E-state index contributed by atoms with van der Waals surface area (Å²) in [4.78, 5) is 17.2. The lowest BCUT2D eigenvalue weighted by Crippen LogP contribution is -2.10. The fourth-order valence-corrected chi connectivity index (χ4v) is 0.626. The first-order valence-electron chi connectivity index (χ1n) is 3.10. The summed E-state index contributed by atoms with van der Waals surface area (Å²) >= 11 is 0. The van der Waals surface area contributed by atoms with E-state index in [0.29, 0.717) is 0 Å². The number of anilines is 1. The predicted octanol–water partition coefficient (Wildman–Crippen LogP) is 1.04. The number of alkyl halides is 1. The van der Waals surface area contributed by atoms with Gasteiger partial charge in [0.05, 0.1) is 5.69 Å². The number of hydrogen-bond acceptors (Lipinski definition) is 3. The Hall–Kier alpha value is -1.72. The van der Waals surface area contributed by atoms with Crippen molar-refractivity contribution in [1.29, 1.82) is 0 Å². The van der Waals surface area contributed by atoms with Gasteiger partial charge in [-0.2, -0.15) is 0 Å². The molecule has 0 aromatic carbocycles. The van der Waals surface area contributed by atoms with Crippen LogP contribution >= 0.6 is 0 Å². The topological polar surface area (TPSA) is 75.1 Å². The van der Waals surface area contributed by atoms with Crippen molar-refractivity contribution in [1.82, 2.24) is 9.97 Å². The molecule has 0 saturated carbocycles. The van der Waals surface area contributed by atoms with Crippen LogP contribution in [0.4, 0.5) is 15.1 Å². The maximum atomic E-state index is 12.0. The molecule has 0 bridgehead atoms. The van der Waals surface area contributed by atoms with Crippen LogP contribution in [0.2, 0.25) is 0 Å². The molecule has 0 spiro atoms. The first-order valence-corrected chi connectivity index (χ1v) is 3.10. The van der Waals surface area contributed by atoms with Crippen LogP contribution in [-0.4, -0.2) is 21.2 Å². The highest BCUT2D eigenvalue weighted by Crippen LogP contribution is 2.01. The zero-order valence-electron chi connectivity index (χ0n) is 5.99. The van der Waals surface area contributed by atoms with Crippen molar-refractivity contribution >= 4 is 12.0 Å². The molecule has 1 rings (SSSR count). The van der Waals surface area contributed by atoms with E-state index in [2.05, 4.69) is 9.97 Å². The molecule has 0 atom stereocenters. The average Bonchev–Trinajstić information content (AvgIpc) is 2.03. The molecule has 0 aliphatic rings. The van der Waals surface area contributed by atoms with Crippen LogP contribution in [0.5, 0.6) is 0 Å². The molecule has 0 fully saturated rings. The van der Waals surface area contributed by atoms with Gasteiger partial charge in [-0.1, -0.05) is 0 Å². The number of aromatic nitrogens is 2. The standard InChI is InChI=1S/C6H6FN3O2/c7-3-4-1-2-8-5(9-4)10-6(11)12/h1-2H,3H2,(H,11,12)(H,8,9,10). The number of carboxylic acid groups (broad SMARTS) is 1. The summed E-state index contributed by atoms with van der Waals surface area (Å²) in [6.07, 6.45) is 0.0127. The summed E-state index contributed by atoms with van der Waals surface area (Å²) in [7, 11) is 0. The van der Waals surface area contributed by atoms with E-state index in [9.17, 15) is 9.18 Å². The molecule has 1 heterocycles. The van der Waals surface area contributed by atoms with Gasteiger partial charge < -0.3 is 5.11 Å². The number of carbonyl (C=O) groups is 1. The Balaban J connectivity index is 2.79. The Labute approximate surface area is 67.3 Å². The van der Waals surface area contributed by atoms with E-state index in [1.807, 2.05) is 5.32 Å².